The van der Waals surface area contributed by atoms with Crippen LogP contribution in [0, 0.1) is 11.8 Å². The number of esters is 2. The van der Waals surface area contributed by atoms with Crippen LogP contribution < -0.4 is 9.47 Å². The molecule has 0 atom stereocenters. The third kappa shape index (κ3) is 8.25. The maximum Gasteiger partial charge on any atom is 0.306 e. The van der Waals surface area contributed by atoms with Gasteiger partial charge in [-0.15, -0.1) is 0 Å². The topological polar surface area (TPSA) is 71.1 Å². The second kappa shape index (κ2) is 12.5. The molecule has 3 rings (SSSR count). The summed E-state index contributed by atoms with van der Waals surface area (Å²) in [7, 11) is 0. The van der Waals surface area contributed by atoms with Gasteiger partial charge in [0.2, 0.25) is 0 Å². The van der Waals surface area contributed by atoms with Gasteiger partial charge in [-0.3, -0.25) is 9.59 Å². The molecule has 0 bridgehead atoms. The van der Waals surface area contributed by atoms with Gasteiger partial charge in [0.15, 0.2) is 0 Å². The van der Waals surface area contributed by atoms with E-state index in [9.17, 15) is 9.59 Å². The van der Waals surface area contributed by atoms with E-state index in [-0.39, 0.29) is 25.2 Å². The van der Waals surface area contributed by atoms with Gasteiger partial charge in [-0.2, -0.15) is 0 Å². The van der Waals surface area contributed by atoms with Crippen LogP contribution in [0.1, 0.15) is 64.2 Å². The summed E-state index contributed by atoms with van der Waals surface area (Å²) in [6.45, 7) is 1.10. The fraction of sp³-hybridized carbons (Fsp3) is 0.667. The summed E-state index contributed by atoms with van der Waals surface area (Å²) < 4.78 is 21.8. The Balaban J connectivity index is 1.25. The van der Waals surface area contributed by atoms with Crippen LogP contribution in [0.25, 0.3) is 0 Å². The molecule has 30 heavy (non-hydrogen) atoms. The van der Waals surface area contributed by atoms with Gasteiger partial charge < -0.3 is 18.9 Å². The quantitative estimate of drug-likeness (QED) is 0.362. The number of hydrogen-bond acceptors (Lipinski definition) is 6. The van der Waals surface area contributed by atoms with Crippen molar-refractivity contribution in [3.8, 4) is 11.5 Å². The van der Waals surface area contributed by atoms with Gasteiger partial charge in [-0.1, -0.05) is 31.7 Å². The Morgan fingerprint density at radius 2 is 1.13 bits per heavy atom. The number of carbonyl (C=O) groups excluding carboxylic acids is 2. The fourth-order valence-electron chi connectivity index (χ4n) is 4.30. The summed E-state index contributed by atoms with van der Waals surface area (Å²) >= 11 is 0. The third-order valence-electron chi connectivity index (χ3n) is 5.90. The zero-order chi connectivity index (χ0) is 21.0. The summed E-state index contributed by atoms with van der Waals surface area (Å²) in [6.07, 6.45) is 10.5. The van der Waals surface area contributed by atoms with Crippen LogP contribution in [0.4, 0.5) is 0 Å². The molecule has 0 spiro atoms. The van der Waals surface area contributed by atoms with Crippen LogP contribution in [-0.2, 0) is 19.1 Å². The van der Waals surface area contributed by atoms with Crippen LogP contribution in [0.2, 0.25) is 0 Å². The van der Waals surface area contributed by atoms with Gasteiger partial charge in [0.1, 0.15) is 37.9 Å². The molecule has 0 unspecified atom stereocenters. The largest absolute Gasteiger partial charge is 0.490 e. The summed E-state index contributed by atoms with van der Waals surface area (Å²) in [5.74, 6) is 2.02. The monoisotopic (exact) mass is 418 g/mol. The predicted molar refractivity (Wildman–Crippen MR) is 113 cm³/mol. The van der Waals surface area contributed by atoms with Gasteiger partial charge in [-0.05, 0) is 49.7 Å². The summed E-state index contributed by atoms with van der Waals surface area (Å²) in [4.78, 5) is 23.6. The first-order valence-corrected chi connectivity index (χ1v) is 11.4. The maximum atomic E-state index is 11.8. The first kappa shape index (κ1) is 22.4. The average molecular weight is 419 g/mol. The Hall–Kier alpha value is -2.24. The average Bonchev–Trinajstić information content (AvgIpc) is 3.43. The normalized spacial score (nSPS) is 17.1. The van der Waals surface area contributed by atoms with Gasteiger partial charge in [0.25, 0.3) is 0 Å². The fourth-order valence-corrected chi connectivity index (χ4v) is 4.30. The smallest absolute Gasteiger partial charge is 0.306 e. The first-order chi connectivity index (χ1) is 14.7. The number of benzene rings is 1. The lowest BCUT2D eigenvalue weighted by Gasteiger charge is -2.12. The molecule has 2 fully saturated rings. The molecular formula is C24H34O6. The molecule has 1 aromatic rings. The Bertz CT molecular complexity index is 608. The van der Waals surface area contributed by atoms with Crippen molar-refractivity contribution in [1.29, 1.82) is 0 Å². The van der Waals surface area contributed by atoms with E-state index in [0.29, 0.717) is 49.4 Å². The molecule has 0 radical (unpaired) electrons. The van der Waals surface area contributed by atoms with Crippen molar-refractivity contribution in [2.45, 2.75) is 64.2 Å². The molecule has 1 aromatic carbocycles. The van der Waals surface area contributed by atoms with E-state index in [0.717, 1.165) is 25.7 Å². The molecule has 2 aliphatic rings. The van der Waals surface area contributed by atoms with Crippen molar-refractivity contribution < 1.29 is 28.5 Å². The first-order valence-electron chi connectivity index (χ1n) is 11.4. The minimum absolute atomic E-state index is 0.134. The molecule has 166 valence electrons. The summed E-state index contributed by atoms with van der Waals surface area (Å²) in [6, 6.07) is 7.27. The van der Waals surface area contributed by atoms with Gasteiger partial charge >= 0.3 is 11.9 Å². The second-order valence-electron chi connectivity index (χ2n) is 8.32. The van der Waals surface area contributed by atoms with Crippen LogP contribution in [-0.4, -0.2) is 38.4 Å². The van der Waals surface area contributed by atoms with E-state index < -0.39 is 0 Å². The van der Waals surface area contributed by atoms with Crippen molar-refractivity contribution in [2.75, 3.05) is 26.4 Å². The van der Waals surface area contributed by atoms with E-state index in [1.54, 1.807) is 6.07 Å². The van der Waals surface area contributed by atoms with E-state index in [4.69, 9.17) is 18.9 Å². The predicted octanol–water partition coefficient (Wildman–Crippen LogP) is 4.69. The molecule has 0 saturated heterocycles. The highest BCUT2D eigenvalue weighted by Crippen LogP contribution is 2.28. The number of rotatable bonds is 12. The molecule has 0 aliphatic heterocycles. The van der Waals surface area contributed by atoms with E-state index in [1.807, 2.05) is 18.2 Å². The van der Waals surface area contributed by atoms with Crippen LogP contribution in [0.15, 0.2) is 24.3 Å². The molecule has 0 N–H and O–H groups in total. The Kier molecular flexibility index (Phi) is 9.32. The van der Waals surface area contributed by atoms with Crippen LogP contribution in [0.3, 0.4) is 0 Å². The van der Waals surface area contributed by atoms with Gasteiger partial charge in [-0.25, -0.2) is 0 Å². The highest BCUT2D eigenvalue weighted by Gasteiger charge is 2.20. The molecule has 2 aliphatic carbocycles. The number of hydrogen-bond donors (Lipinski definition) is 0. The van der Waals surface area contributed by atoms with Gasteiger partial charge in [0, 0.05) is 18.9 Å². The second-order valence-corrected chi connectivity index (χ2v) is 8.32. The summed E-state index contributed by atoms with van der Waals surface area (Å²) in [5, 5.41) is 0. The lowest BCUT2D eigenvalue weighted by molar-refractivity contribution is -0.146. The minimum atomic E-state index is -0.134. The SMILES string of the molecule is O=C(CC1CCCC1)OCCOc1cccc(OCCOC(=O)CC2CCCC2)c1. The molecule has 2 saturated carbocycles. The van der Waals surface area contributed by atoms with E-state index >= 15 is 0 Å². The molecule has 0 amide bonds. The van der Waals surface area contributed by atoms with Crippen LogP contribution in [0.5, 0.6) is 11.5 Å². The molecular weight excluding hydrogens is 384 g/mol. The van der Waals surface area contributed by atoms with Crippen molar-refractivity contribution in [3.63, 3.8) is 0 Å². The van der Waals surface area contributed by atoms with E-state index in [1.165, 1.54) is 25.7 Å². The lowest BCUT2D eigenvalue weighted by Crippen LogP contribution is -2.15. The zero-order valence-corrected chi connectivity index (χ0v) is 17.8. The summed E-state index contributed by atoms with van der Waals surface area (Å²) in [5.41, 5.74) is 0. The Morgan fingerprint density at radius 3 is 1.57 bits per heavy atom. The minimum Gasteiger partial charge on any atom is -0.490 e. The highest BCUT2D eigenvalue weighted by atomic mass is 16.6. The van der Waals surface area contributed by atoms with E-state index in [2.05, 4.69) is 0 Å². The lowest BCUT2D eigenvalue weighted by atomic mass is 10.1. The number of carbonyl (C=O) groups is 2. The molecule has 0 heterocycles. The molecule has 6 heteroatoms. The van der Waals surface area contributed by atoms with Crippen LogP contribution >= 0.6 is 0 Å². The Morgan fingerprint density at radius 1 is 0.700 bits per heavy atom. The molecule has 6 nitrogen and oxygen atoms in total. The highest BCUT2D eigenvalue weighted by molar-refractivity contribution is 5.70. The van der Waals surface area contributed by atoms with Crippen molar-refractivity contribution in [1.82, 2.24) is 0 Å². The van der Waals surface area contributed by atoms with Crippen molar-refractivity contribution >= 4 is 11.9 Å². The van der Waals surface area contributed by atoms with Crippen molar-refractivity contribution in [3.05, 3.63) is 24.3 Å². The van der Waals surface area contributed by atoms with Crippen molar-refractivity contribution in [2.24, 2.45) is 11.8 Å². The maximum absolute atomic E-state index is 11.8. The zero-order valence-electron chi connectivity index (χ0n) is 17.8. The third-order valence-corrected chi connectivity index (χ3v) is 5.90. The molecule has 0 aromatic heterocycles. The Labute approximate surface area is 179 Å². The standard InChI is InChI=1S/C24H34O6/c25-23(16-19-6-1-2-7-19)29-14-12-27-21-10-5-11-22(18-21)28-13-15-30-24(26)17-20-8-3-4-9-20/h5,10-11,18-20H,1-4,6-9,12-17H2. The number of ether oxygens (including phenoxy) is 4. The van der Waals surface area contributed by atoms with Gasteiger partial charge in [0.05, 0.1) is 0 Å².